The molecule has 0 bridgehead atoms. The molecule has 2 N–H and O–H groups in total. The molecule has 3 rings (SSSR count). The molecule has 8 heteroatoms. The molecule has 0 fully saturated rings. The monoisotopic (exact) mass is 405 g/mol. The van der Waals surface area contributed by atoms with Crippen molar-refractivity contribution in [1.82, 2.24) is 4.90 Å². The van der Waals surface area contributed by atoms with E-state index in [-0.39, 0.29) is 22.6 Å². The van der Waals surface area contributed by atoms with E-state index in [1.807, 2.05) is 12.1 Å². The molecule has 1 aliphatic heterocycles. The van der Waals surface area contributed by atoms with Gasteiger partial charge in [-0.2, -0.15) is 8.78 Å². The van der Waals surface area contributed by atoms with Gasteiger partial charge in [0.2, 0.25) is 0 Å². The van der Waals surface area contributed by atoms with E-state index >= 15 is 0 Å². The van der Waals surface area contributed by atoms with E-state index in [1.165, 1.54) is 30.1 Å². The van der Waals surface area contributed by atoms with Crippen LogP contribution < -0.4 is 10.5 Å². The lowest BCUT2D eigenvalue weighted by Crippen LogP contribution is -2.41. The van der Waals surface area contributed by atoms with Crippen LogP contribution in [0.25, 0.3) is 0 Å². The second-order valence-electron chi connectivity index (χ2n) is 6.26. The zero-order valence-electron chi connectivity index (χ0n) is 15.0. The topological polar surface area (TPSA) is 67.9 Å². The summed E-state index contributed by atoms with van der Waals surface area (Å²) in [5.41, 5.74) is 6.45. The molecule has 1 atom stereocenters. The molecule has 0 radical (unpaired) electrons. The summed E-state index contributed by atoms with van der Waals surface area (Å²) in [6.45, 7) is 0.697. The molecule has 1 amide bonds. The number of allylic oxidation sites excluding steroid dienone is 1. The van der Waals surface area contributed by atoms with Crippen LogP contribution in [0.4, 0.5) is 8.78 Å². The number of guanidine groups is 1. The van der Waals surface area contributed by atoms with Crippen LogP contribution in [0.1, 0.15) is 16.7 Å². The standard InChI is InChI=1S/C20H18ClF2N3O2/c1-3-4-12-5-7-13(8-6-12)20(17(27)26(2)19(24)25-20)14-9-10-16(15(21)11-14)28-18(22)23/h3,5-11,18H,1,4H2,2H3,(H2,24,25). The molecule has 0 saturated heterocycles. The predicted octanol–water partition coefficient (Wildman–Crippen LogP) is 3.70. The van der Waals surface area contributed by atoms with Crippen LogP contribution in [0.5, 0.6) is 5.75 Å². The number of alkyl halides is 2. The third kappa shape index (κ3) is 3.33. The smallest absolute Gasteiger partial charge is 0.387 e. The van der Waals surface area contributed by atoms with Gasteiger partial charge < -0.3 is 10.5 Å². The molecule has 5 nitrogen and oxygen atoms in total. The molecule has 0 saturated carbocycles. The molecule has 0 aliphatic carbocycles. The summed E-state index contributed by atoms with van der Waals surface area (Å²) in [6.07, 6.45) is 2.45. The Morgan fingerprint density at radius 1 is 1.29 bits per heavy atom. The quantitative estimate of drug-likeness (QED) is 0.745. The second kappa shape index (κ2) is 7.59. The highest BCUT2D eigenvalue weighted by atomic mass is 35.5. The Morgan fingerprint density at radius 2 is 1.93 bits per heavy atom. The van der Waals surface area contributed by atoms with Gasteiger partial charge in [-0.1, -0.05) is 48.0 Å². The second-order valence-corrected chi connectivity index (χ2v) is 6.67. The minimum atomic E-state index is -3.01. The van der Waals surface area contributed by atoms with Gasteiger partial charge in [-0.3, -0.25) is 9.69 Å². The Hall–Kier alpha value is -2.93. The van der Waals surface area contributed by atoms with Gasteiger partial charge in [-0.15, -0.1) is 6.58 Å². The van der Waals surface area contributed by atoms with Gasteiger partial charge in [0.05, 0.1) is 5.02 Å². The molecule has 1 unspecified atom stereocenters. The Balaban J connectivity index is 2.15. The number of nitrogens with zero attached hydrogens (tertiary/aromatic N) is 2. The molecule has 2 aromatic rings. The summed E-state index contributed by atoms with van der Waals surface area (Å²) in [5, 5.41) is -0.0587. The number of nitrogens with two attached hydrogens (primary N) is 1. The van der Waals surface area contributed by atoms with Crippen LogP contribution in [0, 0.1) is 0 Å². The molecule has 1 aliphatic rings. The van der Waals surface area contributed by atoms with Crippen LogP contribution in [0.2, 0.25) is 5.02 Å². The van der Waals surface area contributed by atoms with Crippen molar-refractivity contribution in [2.24, 2.45) is 10.7 Å². The number of carbonyl (C=O) groups excluding carboxylic acids is 1. The fourth-order valence-electron chi connectivity index (χ4n) is 3.15. The summed E-state index contributed by atoms with van der Waals surface area (Å²) in [7, 11) is 1.52. The van der Waals surface area contributed by atoms with E-state index in [2.05, 4.69) is 16.3 Å². The zero-order chi connectivity index (χ0) is 20.5. The number of aliphatic imine (C=N–C) groups is 1. The van der Waals surface area contributed by atoms with Gasteiger partial charge >= 0.3 is 6.61 Å². The fourth-order valence-corrected chi connectivity index (χ4v) is 3.38. The minimum absolute atomic E-state index is 0.0456. The van der Waals surface area contributed by atoms with E-state index in [1.54, 1.807) is 18.2 Å². The van der Waals surface area contributed by atoms with Crippen LogP contribution in [0.3, 0.4) is 0 Å². The number of halogens is 3. The van der Waals surface area contributed by atoms with E-state index in [4.69, 9.17) is 17.3 Å². The summed E-state index contributed by atoms with van der Waals surface area (Å²) in [5.74, 6) is -0.517. The highest BCUT2D eigenvalue weighted by Gasteiger charge is 2.49. The summed E-state index contributed by atoms with van der Waals surface area (Å²) < 4.78 is 29.4. The summed E-state index contributed by atoms with van der Waals surface area (Å²) in [4.78, 5) is 18.8. The highest BCUT2D eigenvalue weighted by molar-refractivity contribution is 6.32. The fraction of sp³-hybridized carbons (Fsp3) is 0.200. The molecular formula is C20H18ClF2N3O2. The largest absolute Gasteiger partial charge is 0.433 e. The molecule has 146 valence electrons. The lowest BCUT2D eigenvalue weighted by molar-refractivity contribution is -0.129. The van der Waals surface area contributed by atoms with E-state index < -0.39 is 12.2 Å². The van der Waals surface area contributed by atoms with Gasteiger partial charge in [-0.25, -0.2) is 4.99 Å². The molecule has 2 aromatic carbocycles. The van der Waals surface area contributed by atoms with Crippen molar-refractivity contribution < 1.29 is 18.3 Å². The first-order valence-electron chi connectivity index (χ1n) is 8.38. The number of amides is 1. The van der Waals surface area contributed by atoms with Crippen LogP contribution >= 0.6 is 11.6 Å². The number of rotatable bonds is 6. The first kappa shape index (κ1) is 19.8. The van der Waals surface area contributed by atoms with Crippen molar-refractivity contribution in [2.45, 2.75) is 18.6 Å². The van der Waals surface area contributed by atoms with Crippen molar-refractivity contribution in [3.05, 3.63) is 76.8 Å². The van der Waals surface area contributed by atoms with E-state index in [0.29, 0.717) is 17.5 Å². The minimum Gasteiger partial charge on any atom is -0.433 e. The van der Waals surface area contributed by atoms with Crippen LogP contribution in [-0.2, 0) is 16.8 Å². The first-order valence-corrected chi connectivity index (χ1v) is 8.76. The normalized spacial score (nSPS) is 19.1. The van der Waals surface area contributed by atoms with Crippen LogP contribution in [-0.4, -0.2) is 30.4 Å². The Kier molecular flexibility index (Phi) is 5.38. The number of likely N-dealkylation sites (N-methyl/N-ethyl adjacent to an activating group) is 1. The number of carbonyl (C=O) groups is 1. The lowest BCUT2D eigenvalue weighted by atomic mass is 9.82. The average Bonchev–Trinajstić information content (AvgIpc) is 2.89. The Bertz CT molecular complexity index is 947. The number of hydrogen-bond donors (Lipinski definition) is 1. The number of ether oxygens (including phenoxy) is 1. The molecule has 0 aromatic heterocycles. The highest BCUT2D eigenvalue weighted by Crippen LogP contribution is 2.41. The third-order valence-electron chi connectivity index (χ3n) is 4.56. The van der Waals surface area contributed by atoms with Crippen molar-refractivity contribution in [3.63, 3.8) is 0 Å². The third-order valence-corrected chi connectivity index (χ3v) is 4.85. The van der Waals surface area contributed by atoms with Crippen molar-refractivity contribution >= 4 is 23.5 Å². The van der Waals surface area contributed by atoms with Crippen molar-refractivity contribution in [1.29, 1.82) is 0 Å². The predicted molar refractivity (Wildman–Crippen MR) is 104 cm³/mol. The maximum Gasteiger partial charge on any atom is 0.387 e. The van der Waals surface area contributed by atoms with E-state index in [9.17, 15) is 13.6 Å². The molecule has 28 heavy (non-hydrogen) atoms. The summed E-state index contributed by atoms with van der Waals surface area (Å²) >= 11 is 6.11. The van der Waals surface area contributed by atoms with Gasteiger partial charge in [0.1, 0.15) is 5.75 Å². The number of benzene rings is 2. The van der Waals surface area contributed by atoms with Gasteiger partial charge in [-0.05, 0) is 35.2 Å². The SMILES string of the molecule is C=CCc1ccc(C2(c3ccc(OC(F)F)c(Cl)c3)N=C(N)N(C)C2=O)cc1. The van der Waals surface area contributed by atoms with Crippen LogP contribution in [0.15, 0.2) is 60.1 Å². The van der Waals surface area contributed by atoms with Gasteiger partial charge in [0.25, 0.3) is 5.91 Å². The maximum absolute atomic E-state index is 13.1. The van der Waals surface area contributed by atoms with Gasteiger partial charge in [0.15, 0.2) is 11.5 Å². The average molecular weight is 406 g/mol. The number of hydrogen-bond acceptors (Lipinski definition) is 4. The molecule has 0 spiro atoms. The summed E-state index contributed by atoms with van der Waals surface area (Å²) in [6, 6.07) is 11.5. The molecule has 1 heterocycles. The van der Waals surface area contributed by atoms with Crippen molar-refractivity contribution in [3.8, 4) is 5.75 Å². The Morgan fingerprint density at radius 3 is 2.43 bits per heavy atom. The van der Waals surface area contributed by atoms with E-state index in [0.717, 1.165) is 5.56 Å². The molecular weight excluding hydrogens is 388 g/mol. The first-order chi connectivity index (χ1) is 13.3. The lowest BCUT2D eigenvalue weighted by Gasteiger charge is -2.26. The Labute approximate surface area is 166 Å². The maximum atomic E-state index is 13.1. The van der Waals surface area contributed by atoms with Crippen molar-refractivity contribution in [2.75, 3.05) is 7.05 Å². The van der Waals surface area contributed by atoms with Gasteiger partial charge in [0, 0.05) is 7.05 Å². The zero-order valence-corrected chi connectivity index (χ0v) is 15.8.